The van der Waals surface area contributed by atoms with E-state index in [0.29, 0.717) is 6.54 Å². The first kappa shape index (κ1) is 18.0. The van der Waals surface area contributed by atoms with Gasteiger partial charge in [0.1, 0.15) is 5.75 Å². The van der Waals surface area contributed by atoms with Crippen LogP contribution < -0.4 is 9.64 Å². The summed E-state index contributed by atoms with van der Waals surface area (Å²) in [7, 11) is -1.57. The number of sulfone groups is 1. The Kier molecular flexibility index (Phi) is 4.65. The second-order valence-corrected chi connectivity index (χ2v) is 9.22. The van der Waals surface area contributed by atoms with Gasteiger partial charge in [0.2, 0.25) is 5.91 Å². The first-order valence-electron chi connectivity index (χ1n) is 8.91. The van der Waals surface area contributed by atoms with Crippen molar-refractivity contribution in [1.29, 1.82) is 0 Å². The topological polar surface area (TPSA) is 66.9 Å². The lowest BCUT2D eigenvalue weighted by atomic mass is 10.0. The molecular weight excluding hydrogens is 364 g/mol. The van der Waals surface area contributed by atoms with E-state index in [9.17, 15) is 13.2 Å². The summed E-state index contributed by atoms with van der Waals surface area (Å²) in [6.45, 7) is 0.743. The van der Waals surface area contributed by atoms with Gasteiger partial charge in [-0.2, -0.15) is 0 Å². The molecule has 0 aliphatic carbocycles. The van der Waals surface area contributed by atoms with Gasteiger partial charge < -0.3 is 9.64 Å². The third-order valence-electron chi connectivity index (χ3n) is 5.28. The molecule has 142 valence electrons. The van der Waals surface area contributed by atoms with Crippen molar-refractivity contribution in [3.05, 3.63) is 60.2 Å². The number of para-hydroxylation sites is 1. The standard InChI is InChI=1S/C20H22N2O4S/c1-26-17-9-7-15(8-10-17)11-21-12-20(23)22(16-5-3-2-4-6-16)19-14-27(24,25)13-18(19)21/h2-10,18-19H,11-14H2,1H3/t18-,19+/m1/s1. The minimum absolute atomic E-state index is 0.0113. The SMILES string of the molecule is COc1ccc(CN2CC(=O)N(c3ccccc3)[C@H]3CS(=O)(=O)C[C@H]32)cc1. The number of rotatable bonds is 4. The molecule has 0 bridgehead atoms. The predicted molar refractivity (Wildman–Crippen MR) is 104 cm³/mol. The van der Waals surface area contributed by atoms with Crippen LogP contribution in [0.3, 0.4) is 0 Å². The zero-order valence-electron chi connectivity index (χ0n) is 15.1. The number of hydrogen-bond donors (Lipinski definition) is 0. The minimum Gasteiger partial charge on any atom is -0.497 e. The van der Waals surface area contributed by atoms with Crippen molar-refractivity contribution < 1.29 is 17.9 Å². The van der Waals surface area contributed by atoms with Gasteiger partial charge in [-0.25, -0.2) is 8.42 Å². The van der Waals surface area contributed by atoms with Gasteiger partial charge >= 0.3 is 0 Å². The van der Waals surface area contributed by atoms with E-state index in [1.807, 2.05) is 59.5 Å². The van der Waals surface area contributed by atoms with E-state index in [-0.39, 0.29) is 36.0 Å². The first-order chi connectivity index (χ1) is 13.0. The Bertz CT molecular complexity index is 928. The highest BCUT2D eigenvalue weighted by atomic mass is 32.2. The number of methoxy groups -OCH3 is 1. The van der Waals surface area contributed by atoms with Crippen LogP contribution in [0.4, 0.5) is 5.69 Å². The summed E-state index contributed by atoms with van der Waals surface area (Å²) in [4.78, 5) is 16.6. The Morgan fingerprint density at radius 3 is 2.33 bits per heavy atom. The van der Waals surface area contributed by atoms with Crippen molar-refractivity contribution in [2.45, 2.75) is 18.6 Å². The average molecular weight is 386 g/mol. The highest BCUT2D eigenvalue weighted by Gasteiger charge is 2.49. The van der Waals surface area contributed by atoms with Crippen LogP contribution in [0.2, 0.25) is 0 Å². The van der Waals surface area contributed by atoms with Crippen molar-refractivity contribution in [3.63, 3.8) is 0 Å². The summed E-state index contributed by atoms with van der Waals surface area (Å²) in [5.74, 6) is 0.806. The van der Waals surface area contributed by atoms with Gasteiger partial charge in [-0.1, -0.05) is 30.3 Å². The molecule has 0 radical (unpaired) electrons. The fraction of sp³-hybridized carbons (Fsp3) is 0.350. The molecule has 2 saturated heterocycles. The van der Waals surface area contributed by atoms with Gasteiger partial charge in [-0.05, 0) is 29.8 Å². The number of piperazine rings is 1. The molecule has 0 aromatic heterocycles. The molecule has 2 aliphatic heterocycles. The maximum absolute atomic E-state index is 12.9. The Balaban J connectivity index is 1.63. The van der Waals surface area contributed by atoms with Crippen molar-refractivity contribution in [1.82, 2.24) is 4.90 Å². The van der Waals surface area contributed by atoms with Gasteiger partial charge in [0.25, 0.3) is 0 Å². The van der Waals surface area contributed by atoms with Crippen LogP contribution in [0.5, 0.6) is 5.75 Å². The maximum atomic E-state index is 12.9. The van der Waals surface area contributed by atoms with E-state index < -0.39 is 9.84 Å². The van der Waals surface area contributed by atoms with E-state index in [1.54, 1.807) is 12.0 Å². The van der Waals surface area contributed by atoms with Crippen LogP contribution in [0.1, 0.15) is 5.56 Å². The zero-order valence-corrected chi connectivity index (χ0v) is 15.9. The predicted octanol–water partition coefficient (Wildman–Crippen LogP) is 1.71. The highest BCUT2D eigenvalue weighted by Crippen LogP contribution is 2.32. The molecule has 0 unspecified atom stereocenters. The summed E-state index contributed by atoms with van der Waals surface area (Å²) < 4.78 is 29.9. The number of nitrogens with zero attached hydrogens (tertiary/aromatic N) is 2. The normalized spacial score (nSPS) is 24.6. The van der Waals surface area contributed by atoms with Crippen LogP contribution in [0.25, 0.3) is 0 Å². The summed E-state index contributed by atoms with van der Waals surface area (Å²) in [6, 6.07) is 16.4. The van der Waals surface area contributed by atoms with Crippen LogP contribution in [-0.4, -0.2) is 56.5 Å². The number of amides is 1. The molecule has 2 aliphatic rings. The molecule has 2 fully saturated rings. The number of ether oxygens (including phenoxy) is 1. The van der Waals surface area contributed by atoms with Gasteiger partial charge in [-0.15, -0.1) is 0 Å². The Morgan fingerprint density at radius 1 is 1.00 bits per heavy atom. The molecule has 7 heteroatoms. The molecule has 2 aromatic carbocycles. The number of hydrogen-bond acceptors (Lipinski definition) is 5. The van der Waals surface area contributed by atoms with Crippen molar-refractivity contribution in [2.24, 2.45) is 0 Å². The number of carbonyl (C=O) groups excluding carboxylic acids is 1. The second-order valence-electron chi connectivity index (χ2n) is 7.06. The molecule has 2 heterocycles. The van der Waals surface area contributed by atoms with Crippen LogP contribution >= 0.6 is 0 Å². The molecule has 0 saturated carbocycles. The van der Waals surface area contributed by atoms with E-state index in [0.717, 1.165) is 17.0 Å². The Morgan fingerprint density at radius 2 is 1.67 bits per heavy atom. The summed E-state index contributed by atoms with van der Waals surface area (Å²) in [6.07, 6.45) is 0. The van der Waals surface area contributed by atoms with Crippen LogP contribution in [0.15, 0.2) is 54.6 Å². The molecule has 27 heavy (non-hydrogen) atoms. The third kappa shape index (κ3) is 3.57. The van der Waals surface area contributed by atoms with Gasteiger partial charge in [0.15, 0.2) is 9.84 Å². The monoisotopic (exact) mass is 386 g/mol. The zero-order chi connectivity index (χ0) is 19.0. The van der Waals surface area contributed by atoms with Crippen molar-refractivity contribution in [2.75, 3.05) is 30.1 Å². The summed E-state index contributed by atoms with van der Waals surface area (Å²) >= 11 is 0. The average Bonchev–Trinajstić information content (AvgIpc) is 2.98. The molecule has 1 amide bonds. The molecule has 0 spiro atoms. The number of anilines is 1. The van der Waals surface area contributed by atoms with E-state index in [4.69, 9.17) is 4.74 Å². The van der Waals surface area contributed by atoms with E-state index in [2.05, 4.69) is 0 Å². The highest BCUT2D eigenvalue weighted by molar-refractivity contribution is 7.91. The first-order valence-corrected chi connectivity index (χ1v) is 10.7. The van der Waals surface area contributed by atoms with Gasteiger partial charge in [-0.3, -0.25) is 9.69 Å². The molecule has 2 aromatic rings. The lowest BCUT2D eigenvalue weighted by Gasteiger charge is -2.43. The maximum Gasteiger partial charge on any atom is 0.241 e. The number of carbonyl (C=O) groups is 1. The molecule has 0 N–H and O–H groups in total. The lowest BCUT2D eigenvalue weighted by Crippen LogP contribution is -2.61. The van der Waals surface area contributed by atoms with Crippen LogP contribution in [-0.2, 0) is 21.2 Å². The van der Waals surface area contributed by atoms with Gasteiger partial charge in [0.05, 0.1) is 31.2 Å². The van der Waals surface area contributed by atoms with Gasteiger partial charge in [0, 0.05) is 18.3 Å². The Labute approximate surface area is 159 Å². The quantitative estimate of drug-likeness (QED) is 0.800. The second kappa shape index (κ2) is 6.98. The van der Waals surface area contributed by atoms with Crippen LogP contribution in [0, 0.1) is 0 Å². The fourth-order valence-electron chi connectivity index (χ4n) is 4.02. The van der Waals surface area contributed by atoms with Crippen molar-refractivity contribution >= 4 is 21.4 Å². The third-order valence-corrected chi connectivity index (χ3v) is 6.98. The molecule has 6 nitrogen and oxygen atoms in total. The van der Waals surface area contributed by atoms with E-state index in [1.165, 1.54) is 0 Å². The molecule has 4 rings (SSSR count). The largest absolute Gasteiger partial charge is 0.497 e. The smallest absolute Gasteiger partial charge is 0.241 e. The number of benzene rings is 2. The number of fused-ring (bicyclic) bond motifs is 1. The van der Waals surface area contributed by atoms with Crippen molar-refractivity contribution in [3.8, 4) is 5.75 Å². The Hall–Kier alpha value is -2.38. The minimum atomic E-state index is -3.18. The molecule has 2 atom stereocenters. The lowest BCUT2D eigenvalue weighted by molar-refractivity contribution is -0.123. The van der Waals surface area contributed by atoms with E-state index >= 15 is 0 Å². The summed E-state index contributed by atoms with van der Waals surface area (Å²) in [5, 5.41) is 0. The fourth-order valence-corrected chi connectivity index (χ4v) is 6.00. The molecular formula is C20H22N2O4S. The summed E-state index contributed by atoms with van der Waals surface area (Å²) in [5.41, 5.74) is 1.79.